The summed E-state index contributed by atoms with van der Waals surface area (Å²) in [6, 6.07) is 0. The van der Waals surface area contributed by atoms with Gasteiger partial charge >= 0.3 is 5.97 Å². The standard InChI is InChI=1S/C11H18O11/c12-2-11(8(17)3(13)1-20-11)22-10-6(16)4(14)5(15)7(21-10)9(18)19/h3-8,10,12-17H,1-2H2,(H,18,19)/t3-,4+,5+,6-,7+,8+,10-,11+/m1/s1. The molecule has 0 aliphatic carbocycles. The zero-order chi connectivity index (χ0) is 16.7. The van der Waals surface area contributed by atoms with Crippen molar-refractivity contribution < 1.29 is 54.8 Å². The molecule has 2 heterocycles. The minimum absolute atomic E-state index is 0.377. The van der Waals surface area contributed by atoms with E-state index >= 15 is 0 Å². The van der Waals surface area contributed by atoms with E-state index in [1.165, 1.54) is 0 Å². The van der Waals surface area contributed by atoms with Gasteiger partial charge in [-0.3, -0.25) is 0 Å². The summed E-state index contributed by atoms with van der Waals surface area (Å²) in [6.45, 7) is -1.31. The van der Waals surface area contributed by atoms with Crippen LogP contribution in [-0.2, 0) is 19.0 Å². The summed E-state index contributed by atoms with van der Waals surface area (Å²) in [5.41, 5.74) is 0. The Balaban J connectivity index is 2.18. The fourth-order valence-corrected chi connectivity index (χ4v) is 2.32. The van der Waals surface area contributed by atoms with E-state index in [9.17, 15) is 35.4 Å². The van der Waals surface area contributed by atoms with E-state index in [0.717, 1.165) is 0 Å². The molecule has 11 heteroatoms. The van der Waals surface area contributed by atoms with Crippen LogP contribution in [0.15, 0.2) is 0 Å². The van der Waals surface area contributed by atoms with Gasteiger partial charge in [0.15, 0.2) is 12.4 Å². The smallest absolute Gasteiger partial charge is 0.335 e. The maximum Gasteiger partial charge on any atom is 0.335 e. The lowest BCUT2D eigenvalue weighted by Crippen LogP contribution is -2.63. The van der Waals surface area contributed by atoms with Crippen LogP contribution >= 0.6 is 0 Å². The predicted molar refractivity (Wildman–Crippen MR) is 63.2 cm³/mol. The summed E-state index contributed by atoms with van der Waals surface area (Å²) in [6.07, 6.45) is -12.5. The van der Waals surface area contributed by atoms with E-state index in [0.29, 0.717) is 0 Å². The van der Waals surface area contributed by atoms with Crippen molar-refractivity contribution in [2.45, 2.75) is 48.7 Å². The maximum absolute atomic E-state index is 11.0. The van der Waals surface area contributed by atoms with Crippen LogP contribution in [0, 0.1) is 0 Å². The van der Waals surface area contributed by atoms with Crippen molar-refractivity contribution in [2.24, 2.45) is 0 Å². The second kappa shape index (κ2) is 6.31. The average molecular weight is 326 g/mol. The lowest BCUT2D eigenvalue weighted by atomic mass is 9.98. The molecule has 22 heavy (non-hydrogen) atoms. The van der Waals surface area contributed by atoms with Crippen LogP contribution in [0.5, 0.6) is 0 Å². The molecular formula is C11H18O11. The molecule has 0 radical (unpaired) electrons. The van der Waals surface area contributed by atoms with Crippen LogP contribution in [0.1, 0.15) is 0 Å². The lowest BCUT2D eigenvalue weighted by Gasteiger charge is -2.42. The molecule has 11 nitrogen and oxygen atoms in total. The number of rotatable bonds is 4. The van der Waals surface area contributed by atoms with Gasteiger partial charge in [-0.1, -0.05) is 0 Å². The summed E-state index contributed by atoms with van der Waals surface area (Å²) in [7, 11) is 0. The van der Waals surface area contributed by atoms with E-state index in [4.69, 9.17) is 19.3 Å². The molecule has 2 fully saturated rings. The Morgan fingerprint density at radius 2 is 1.77 bits per heavy atom. The minimum Gasteiger partial charge on any atom is -0.479 e. The van der Waals surface area contributed by atoms with E-state index in [-0.39, 0.29) is 6.61 Å². The molecule has 0 bridgehead atoms. The van der Waals surface area contributed by atoms with Crippen LogP contribution in [0.2, 0.25) is 0 Å². The van der Waals surface area contributed by atoms with Crippen molar-refractivity contribution in [1.29, 1.82) is 0 Å². The lowest BCUT2D eigenvalue weighted by molar-refractivity contribution is -0.375. The summed E-state index contributed by atoms with van der Waals surface area (Å²) < 4.78 is 14.9. The number of carboxylic acids is 1. The Kier molecular flexibility index (Phi) is 5.01. The van der Waals surface area contributed by atoms with E-state index < -0.39 is 61.3 Å². The third-order valence-electron chi connectivity index (χ3n) is 3.66. The van der Waals surface area contributed by atoms with Crippen molar-refractivity contribution in [3.05, 3.63) is 0 Å². The summed E-state index contributed by atoms with van der Waals surface area (Å²) in [5.74, 6) is -3.77. The molecule has 0 aromatic rings. The molecule has 0 spiro atoms. The molecule has 2 saturated heterocycles. The molecule has 2 aliphatic rings. The normalized spacial score (nSPS) is 49.3. The first kappa shape index (κ1) is 17.5. The third kappa shape index (κ3) is 2.82. The quantitative estimate of drug-likeness (QED) is 0.263. The first-order valence-electron chi connectivity index (χ1n) is 6.44. The van der Waals surface area contributed by atoms with Gasteiger partial charge in [-0.15, -0.1) is 0 Å². The van der Waals surface area contributed by atoms with Gasteiger partial charge in [0.25, 0.3) is 0 Å². The van der Waals surface area contributed by atoms with Crippen LogP contribution in [-0.4, -0.2) is 104 Å². The number of ether oxygens (including phenoxy) is 3. The Bertz CT molecular complexity index is 417. The second-order valence-corrected chi connectivity index (χ2v) is 5.15. The highest BCUT2D eigenvalue weighted by atomic mass is 16.8. The Morgan fingerprint density at radius 1 is 1.14 bits per heavy atom. The highest BCUT2D eigenvalue weighted by Crippen LogP contribution is 2.33. The fraction of sp³-hybridized carbons (Fsp3) is 0.909. The van der Waals surface area contributed by atoms with Gasteiger partial charge < -0.3 is 50.0 Å². The van der Waals surface area contributed by atoms with E-state index in [2.05, 4.69) is 0 Å². The van der Waals surface area contributed by atoms with Crippen molar-refractivity contribution in [3.63, 3.8) is 0 Å². The van der Waals surface area contributed by atoms with Crippen LogP contribution in [0.4, 0.5) is 0 Å². The summed E-state index contributed by atoms with van der Waals surface area (Å²) in [5, 5.41) is 66.4. The number of aliphatic hydroxyl groups is 6. The zero-order valence-electron chi connectivity index (χ0n) is 11.2. The predicted octanol–water partition coefficient (Wildman–Crippen LogP) is -4.66. The largest absolute Gasteiger partial charge is 0.479 e. The van der Waals surface area contributed by atoms with Gasteiger partial charge in [0.2, 0.25) is 5.79 Å². The Labute approximate surface area is 123 Å². The molecule has 0 aromatic heterocycles. The van der Waals surface area contributed by atoms with Crippen LogP contribution < -0.4 is 0 Å². The average Bonchev–Trinajstić information content (AvgIpc) is 2.76. The second-order valence-electron chi connectivity index (χ2n) is 5.15. The molecule has 0 amide bonds. The summed E-state index contributed by atoms with van der Waals surface area (Å²) >= 11 is 0. The molecule has 2 aliphatic heterocycles. The van der Waals surface area contributed by atoms with Crippen molar-refractivity contribution in [2.75, 3.05) is 13.2 Å². The first-order chi connectivity index (χ1) is 10.2. The Hall–Kier alpha value is -0.890. The number of aliphatic hydroxyl groups excluding tert-OH is 6. The zero-order valence-corrected chi connectivity index (χ0v) is 11.2. The minimum atomic E-state index is -2.16. The summed E-state index contributed by atoms with van der Waals surface area (Å²) in [4.78, 5) is 11.0. The number of aliphatic carboxylic acids is 1. The molecule has 0 saturated carbocycles. The van der Waals surface area contributed by atoms with Crippen molar-refractivity contribution in [1.82, 2.24) is 0 Å². The van der Waals surface area contributed by atoms with E-state index in [1.54, 1.807) is 0 Å². The first-order valence-corrected chi connectivity index (χ1v) is 6.44. The molecule has 7 N–H and O–H groups in total. The van der Waals surface area contributed by atoms with Gasteiger partial charge in [-0.25, -0.2) is 4.79 Å². The van der Waals surface area contributed by atoms with E-state index in [1.807, 2.05) is 0 Å². The molecule has 2 rings (SSSR count). The highest BCUT2D eigenvalue weighted by molar-refractivity contribution is 5.73. The highest BCUT2D eigenvalue weighted by Gasteiger charge is 2.55. The molecule has 0 aromatic carbocycles. The number of hydrogen-bond donors (Lipinski definition) is 7. The van der Waals surface area contributed by atoms with Gasteiger partial charge in [0.1, 0.15) is 37.1 Å². The van der Waals surface area contributed by atoms with Gasteiger partial charge in [-0.05, 0) is 0 Å². The molecular weight excluding hydrogens is 308 g/mol. The Morgan fingerprint density at radius 3 is 2.23 bits per heavy atom. The number of carbonyl (C=O) groups is 1. The van der Waals surface area contributed by atoms with Crippen LogP contribution in [0.25, 0.3) is 0 Å². The molecule has 0 unspecified atom stereocenters. The number of hydrogen-bond acceptors (Lipinski definition) is 10. The van der Waals surface area contributed by atoms with Crippen molar-refractivity contribution >= 4 is 5.97 Å². The SMILES string of the molecule is O=C(O)[C@H]1O[C@H](O[C@]2(CO)OC[C@@H](O)[C@@H]2O)[C@H](O)[C@@H](O)[C@@H]1O. The van der Waals surface area contributed by atoms with Gasteiger partial charge in [-0.2, -0.15) is 0 Å². The van der Waals surface area contributed by atoms with Gasteiger partial charge in [0.05, 0.1) is 6.61 Å². The fourth-order valence-electron chi connectivity index (χ4n) is 2.32. The third-order valence-corrected chi connectivity index (χ3v) is 3.66. The monoisotopic (exact) mass is 326 g/mol. The maximum atomic E-state index is 11.0. The number of carboxylic acid groups (broad SMARTS) is 1. The molecule has 8 atom stereocenters. The molecule has 128 valence electrons. The van der Waals surface area contributed by atoms with Crippen LogP contribution in [0.3, 0.4) is 0 Å². The topological polar surface area (TPSA) is 186 Å². The van der Waals surface area contributed by atoms with Gasteiger partial charge in [0, 0.05) is 0 Å². The van der Waals surface area contributed by atoms with Crippen molar-refractivity contribution in [3.8, 4) is 0 Å².